The third kappa shape index (κ3) is 2.58. The maximum atomic E-state index is 12.1. The number of aromatic nitrogens is 1. The lowest BCUT2D eigenvalue weighted by Gasteiger charge is -2.04. The van der Waals surface area contributed by atoms with Crippen LogP contribution >= 0.6 is 15.9 Å². The average molecular weight is 348 g/mol. The molecule has 5 nitrogen and oxygen atoms in total. The van der Waals surface area contributed by atoms with Gasteiger partial charge in [-0.2, -0.15) is 5.10 Å². The Morgan fingerprint density at radius 1 is 1.43 bits per heavy atom. The van der Waals surface area contributed by atoms with E-state index in [-0.39, 0.29) is 11.7 Å². The van der Waals surface area contributed by atoms with Crippen molar-refractivity contribution in [3.05, 3.63) is 51.8 Å². The Hall–Kier alpha value is -2.08. The number of fused-ring (bicyclic) bond motifs is 1. The summed E-state index contributed by atoms with van der Waals surface area (Å²) in [6, 6.07) is 7.10. The van der Waals surface area contributed by atoms with Crippen LogP contribution in [0.2, 0.25) is 0 Å². The molecule has 0 radical (unpaired) electrons. The van der Waals surface area contributed by atoms with E-state index in [1.54, 1.807) is 29.8 Å². The molecule has 6 heteroatoms. The molecule has 1 aliphatic rings. The number of benzene rings is 1. The number of nitrogens with one attached hydrogen (secondary N) is 1. The minimum Gasteiger partial charge on any atom is -0.508 e. The van der Waals surface area contributed by atoms with E-state index in [0.29, 0.717) is 12.1 Å². The number of hydrazone groups is 1. The van der Waals surface area contributed by atoms with Crippen molar-refractivity contribution in [3.63, 3.8) is 0 Å². The normalized spacial score (nSPS) is 15.2. The first-order chi connectivity index (χ1) is 10.1. The molecule has 0 saturated carbocycles. The number of carbonyl (C=O) groups is 1. The Labute approximate surface area is 130 Å². The minimum atomic E-state index is -0.260. The monoisotopic (exact) mass is 347 g/mol. The molecule has 0 saturated heterocycles. The van der Waals surface area contributed by atoms with Gasteiger partial charge in [-0.1, -0.05) is 12.1 Å². The Morgan fingerprint density at radius 2 is 2.24 bits per heavy atom. The van der Waals surface area contributed by atoms with E-state index in [1.807, 2.05) is 12.3 Å². The standard InChI is InChI=1S/C15H14BrN3O2/c1-19-8-9(16)7-13(19)15(21)18-17-12-6-5-11-10(12)3-2-4-14(11)20/h2-4,7-8,20H,5-6H2,1H3,(H,18,21). The Morgan fingerprint density at radius 3 is 2.95 bits per heavy atom. The quantitative estimate of drug-likeness (QED) is 0.820. The number of nitrogens with zero attached hydrogens (tertiary/aromatic N) is 2. The summed E-state index contributed by atoms with van der Waals surface area (Å²) in [6.07, 6.45) is 3.27. The lowest BCUT2D eigenvalue weighted by Crippen LogP contribution is -2.21. The zero-order chi connectivity index (χ0) is 15.0. The van der Waals surface area contributed by atoms with Gasteiger partial charge < -0.3 is 9.67 Å². The van der Waals surface area contributed by atoms with Crippen molar-refractivity contribution < 1.29 is 9.90 Å². The number of phenolic OH excluding ortho intramolecular Hbond substituents is 1. The first kappa shape index (κ1) is 13.9. The lowest BCUT2D eigenvalue weighted by molar-refractivity contribution is 0.0946. The van der Waals surface area contributed by atoms with E-state index in [0.717, 1.165) is 27.7 Å². The number of aryl methyl sites for hydroxylation is 1. The second-order valence-corrected chi connectivity index (χ2v) is 5.87. The van der Waals surface area contributed by atoms with Crippen LogP contribution in [0.1, 0.15) is 28.0 Å². The SMILES string of the molecule is Cn1cc(Br)cc1C(=O)NN=C1CCc2c(O)cccc21. The maximum absolute atomic E-state index is 12.1. The van der Waals surface area contributed by atoms with Crippen LogP contribution in [0.15, 0.2) is 40.0 Å². The molecule has 1 aromatic carbocycles. The van der Waals surface area contributed by atoms with Crippen molar-refractivity contribution in [2.24, 2.45) is 12.1 Å². The number of amides is 1. The van der Waals surface area contributed by atoms with E-state index >= 15 is 0 Å². The largest absolute Gasteiger partial charge is 0.508 e. The first-order valence-electron chi connectivity index (χ1n) is 6.56. The van der Waals surface area contributed by atoms with Crippen LogP contribution in [-0.2, 0) is 13.5 Å². The Bertz CT molecular complexity index is 749. The second kappa shape index (κ2) is 5.37. The van der Waals surface area contributed by atoms with Gasteiger partial charge in [-0.25, -0.2) is 5.43 Å². The molecule has 3 rings (SSSR count). The van der Waals surface area contributed by atoms with Crippen LogP contribution < -0.4 is 5.43 Å². The van der Waals surface area contributed by atoms with E-state index in [2.05, 4.69) is 26.5 Å². The van der Waals surface area contributed by atoms with Gasteiger partial charge in [0.05, 0.1) is 5.71 Å². The smallest absolute Gasteiger partial charge is 0.288 e. The summed E-state index contributed by atoms with van der Waals surface area (Å²) in [4.78, 5) is 12.1. The van der Waals surface area contributed by atoms with Crippen LogP contribution in [0.5, 0.6) is 5.75 Å². The summed E-state index contributed by atoms with van der Waals surface area (Å²) < 4.78 is 2.58. The van der Waals surface area contributed by atoms with Gasteiger partial charge in [0.25, 0.3) is 5.91 Å². The maximum Gasteiger partial charge on any atom is 0.288 e. The van der Waals surface area contributed by atoms with Crippen LogP contribution in [0, 0.1) is 0 Å². The number of aromatic hydroxyl groups is 1. The summed E-state index contributed by atoms with van der Waals surface area (Å²) in [5.41, 5.74) is 5.70. The molecule has 2 N–H and O–H groups in total. The second-order valence-electron chi connectivity index (χ2n) is 4.96. The van der Waals surface area contributed by atoms with Gasteiger partial charge in [-0.15, -0.1) is 0 Å². The van der Waals surface area contributed by atoms with Gasteiger partial charge in [0.1, 0.15) is 11.4 Å². The highest BCUT2D eigenvalue weighted by molar-refractivity contribution is 9.10. The van der Waals surface area contributed by atoms with Gasteiger partial charge >= 0.3 is 0 Å². The molecule has 0 unspecified atom stereocenters. The highest BCUT2D eigenvalue weighted by Crippen LogP contribution is 2.29. The Kier molecular flexibility index (Phi) is 3.55. The fourth-order valence-electron chi connectivity index (χ4n) is 2.53. The third-order valence-electron chi connectivity index (χ3n) is 3.57. The van der Waals surface area contributed by atoms with E-state index in [4.69, 9.17) is 0 Å². The molecule has 0 atom stereocenters. The molecule has 1 aromatic heterocycles. The molecule has 21 heavy (non-hydrogen) atoms. The van der Waals surface area contributed by atoms with Gasteiger partial charge in [0.15, 0.2) is 0 Å². The van der Waals surface area contributed by atoms with E-state index in [1.165, 1.54) is 0 Å². The summed E-state index contributed by atoms with van der Waals surface area (Å²) in [5.74, 6) is 0.0275. The lowest BCUT2D eigenvalue weighted by atomic mass is 10.1. The van der Waals surface area contributed by atoms with Crippen LogP contribution in [0.25, 0.3) is 0 Å². The fraction of sp³-hybridized carbons (Fsp3) is 0.200. The molecule has 1 aliphatic carbocycles. The van der Waals surface area contributed by atoms with Crippen molar-refractivity contribution in [2.45, 2.75) is 12.8 Å². The first-order valence-corrected chi connectivity index (χ1v) is 7.35. The van der Waals surface area contributed by atoms with Gasteiger partial charge in [0, 0.05) is 28.8 Å². The molecular formula is C15H14BrN3O2. The average Bonchev–Trinajstić information content (AvgIpc) is 3.00. The molecule has 2 aromatic rings. The number of hydrogen-bond donors (Lipinski definition) is 2. The summed E-state index contributed by atoms with van der Waals surface area (Å²) in [5, 5.41) is 14.0. The zero-order valence-electron chi connectivity index (χ0n) is 11.4. The van der Waals surface area contributed by atoms with Crippen molar-refractivity contribution in [2.75, 3.05) is 0 Å². The number of halogens is 1. The summed E-state index contributed by atoms with van der Waals surface area (Å²) in [6.45, 7) is 0. The number of rotatable bonds is 2. The molecule has 0 aliphatic heterocycles. The highest BCUT2D eigenvalue weighted by Gasteiger charge is 2.21. The molecule has 108 valence electrons. The number of carbonyl (C=O) groups excluding carboxylic acids is 1. The van der Waals surface area contributed by atoms with E-state index in [9.17, 15) is 9.90 Å². The molecule has 1 amide bonds. The predicted octanol–water partition coefficient (Wildman–Crippen LogP) is 2.57. The van der Waals surface area contributed by atoms with Crippen LogP contribution in [-0.4, -0.2) is 21.3 Å². The zero-order valence-corrected chi connectivity index (χ0v) is 13.0. The summed E-state index contributed by atoms with van der Waals surface area (Å²) >= 11 is 3.33. The Balaban J connectivity index is 1.81. The van der Waals surface area contributed by atoms with Crippen molar-refractivity contribution in [3.8, 4) is 5.75 Å². The summed E-state index contributed by atoms with van der Waals surface area (Å²) in [7, 11) is 1.80. The third-order valence-corrected chi connectivity index (χ3v) is 4.00. The topological polar surface area (TPSA) is 66.6 Å². The van der Waals surface area contributed by atoms with Gasteiger partial charge in [-0.05, 0) is 40.9 Å². The molecular weight excluding hydrogens is 334 g/mol. The van der Waals surface area contributed by atoms with Crippen LogP contribution in [0.4, 0.5) is 0 Å². The molecule has 0 fully saturated rings. The minimum absolute atomic E-state index is 0.260. The predicted molar refractivity (Wildman–Crippen MR) is 83.5 cm³/mol. The van der Waals surface area contributed by atoms with Crippen molar-refractivity contribution >= 4 is 27.5 Å². The number of hydrogen-bond acceptors (Lipinski definition) is 3. The molecule has 0 bridgehead atoms. The van der Waals surface area contributed by atoms with Crippen molar-refractivity contribution in [1.29, 1.82) is 0 Å². The van der Waals surface area contributed by atoms with Crippen molar-refractivity contribution in [1.82, 2.24) is 9.99 Å². The highest BCUT2D eigenvalue weighted by atomic mass is 79.9. The molecule has 1 heterocycles. The van der Waals surface area contributed by atoms with Crippen LogP contribution in [0.3, 0.4) is 0 Å². The van der Waals surface area contributed by atoms with Gasteiger partial charge in [-0.3, -0.25) is 4.79 Å². The van der Waals surface area contributed by atoms with E-state index < -0.39 is 0 Å². The molecule has 0 spiro atoms. The fourth-order valence-corrected chi connectivity index (χ4v) is 3.05. The van der Waals surface area contributed by atoms with Gasteiger partial charge in [0.2, 0.25) is 0 Å². The number of phenols is 1.